The first-order chi connectivity index (χ1) is 7.74. The molecule has 0 aromatic carbocycles. The molecule has 17 heavy (non-hydrogen) atoms. The first-order valence-corrected chi connectivity index (χ1v) is 6.04. The molecule has 0 saturated carbocycles. The quantitative estimate of drug-likeness (QED) is 0.849. The molecule has 0 saturated heterocycles. The van der Waals surface area contributed by atoms with Gasteiger partial charge < -0.3 is 5.11 Å². The molecule has 9 heteroatoms. The molecule has 0 atom stereocenters. The highest BCUT2D eigenvalue weighted by molar-refractivity contribution is 7.92. The minimum absolute atomic E-state index is 0.0912. The minimum Gasteiger partial charge on any atom is -0.395 e. The number of hydrogen-bond acceptors (Lipinski definition) is 4. The number of alkyl halides is 3. The summed E-state index contributed by atoms with van der Waals surface area (Å²) in [5, 5.41) is 8.45. The third-order valence-corrected chi connectivity index (χ3v) is 2.95. The average Bonchev–Trinajstić information content (AvgIpc) is 2.16. The predicted molar refractivity (Wildman–Crippen MR) is 53.7 cm³/mol. The molecular formula is C8H9F3N2O3S. The number of aliphatic hydroxyl groups is 1. The predicted octanol–water partition coefficient (Wildman–Crippen LogP) is 0.834. The molecule has 2 N–H and O–H groups in total. The molecule has 5 nitrogen and oxygen atoms in total. The number of nitrogens with zero attached hydrogens (tertiary/aromatic N) is 1. The van der Waals surface area contributed by atoms with Gasteiger partial charge in [0.05, 0.1) is 24.2 Å². The number of nitrogens with one attached hydrogen (secondary N) is 1. The van der Waals surface area contributed by atoms with Crippen LogP contribution in [-0.4, -0.2) is 30.9 Å². The van der Waals surface area contributed by atoms with Crippen molar-refractivity contribution in [2.45, 2.75) is 6.18 Å². The fraction of sp³-hybridized carbons (Fsp3) is 0.375. The van der Waals surface area contributed by atoms with Crippen molar-refractivity contribution in [1.82, 2.24) is 4.98 Å². The van der Waals surface area contributed by atoms with E-state index >= 15 is 0 Å². The van der Waals surface area contributed by atoms with Crippen LogP contribution in [0.15, 0.2) is 18.3 Å². The summed E-state index contributed by atoms with van der Waals surface area (Å²) in [6.45, 7) is -0.580. The number of sulfonamides is 1. The lowest BCUT2D eigenvalue weighted by molar-refractivity contribution is -0.141. The van der Waals surface area contributed by atoms with Gasteiger partial charge in [0.2, 0.25) is 10.0 Å². The number of anilines is 1. The molecule has 0 spiro atoms. The second-order valence-corrected chi connectivity index (χ2v) is 4.92. The van der Waals surface area contributed by atoms with Crippen LogP contribution >= 0.6 is 0 Å². The van der Waals surface area contributed by atoms with Crippen LogP contribution in [0.5, 0.6) is 0 Å². The van der Waals surface area contributed by atoms with E-state index < -0.39 is 34.3 Å². The molecule has 0 amide bonds. The Balaban J connectivity index is 2.83. The van der Waals surface area contributed by atoms with Gasteiger partial charge in [0.25, 0.3) is 0 Å². The molecule has 0 bridgehead atoms. The third-order valence-electron chi connectivity index (χ3n) is 1.69. The van der Waals surface area contributed by atoms with Crippen LogP contribution in [0.2, 0.25) is 0 Å². The summed E-state index contributed by atoms with van der Waals surface area (Å²) in [5.74, 6) is -0.534. The van der Waals surface area contributed by atoms with Crippen molar-refractivity contribution >= 4 is 15.7 Å². The zero-order valence-corrected chi connectivity index (χ0v) is 9.22. The van der Waals surface area contributed by atoms with Gasteiger partial charge in [-0.15, -0.1) is 0 Å². The van der Waals surface area contributed by atoms with Crippen LogP contribution in [0, 0.1) is 0 Å². The third kappa shape index (κ3) is 4.19. The Kier molecular flexibility index (Phi) is 3.94. The van der Waals surface area contributed by atoms with Crippen LogP contribution in [0.4, 0.5) is 18.9 Å². The van der Waals surface area contributed by atoms with Gasteiger partial charge in [-0.2, -0.15) is 13.2 Å². The highest BCUT2D eigenvalue weighted by atomic mass is 32.2. The van der Waals surface area contributed by atoms with Crippen LogP contribution in [0.1, 0.15) is 5.69 Å². The fourth-order valence-electron chi connectivity index (χ4n) is 0.973. The molecular weight excluding hydrogens is 261 g/mol. The second-order valence-electron chi connectivity index (χ2n) is 3.07. The minimum atomic E-state index is -4.57. The maximum absolute atomic E-state index is 12.1. The zero-order chi connectivity index (χ0) is 13.1. The lowest BCUT2D eigenvalue weighted by Crippen LogP contribution is -2.19. The smallest absolute Gasteiger partial charge is 0.395 e. The van der Waals surface area contributed by atoms with Crippen LogP contribution in [-0.2, 0) is 16.2 Å². The Morgan fingerprint density at radius 1 is 1.35 bits per heavy atom. The van der Waals surface area contributed by atoms with Crippen molar-refractivity contribution in [3.63, 3.8) is 0 Å². The Hall–Kier alpha value is -1.35. The zero-order valence-electron chi connectivity index (χ0n) is 8.40. The van der Waals surface area contributed by atoms with Gasteiger partial charge >= 0.3 is 6.18 Å². The number of pyridine rings is 1. The summed E-state index contributed by atoms with van der Waals surface area (Å²) in [6, 6.07) is 1.61. The van der Waals surface area contributed by atoms with Gasteiger partial charge in [-0.3, -0.25) is 4.72 Å². The Labute approximate surface area is 95.3 Å². The SMILES string of the molecule is O=S(=O)(CCO)Nc1ccc(C(F)(F)F)nc1. The van der Waals surface area contributed by atoms with E-state index in [0.29, 0.717) is 6.07 Å². The van der Waals surface area contributed by atoms with E-state index in [1.54, 1.807) is 0 Å². The molecule has 0 unspecified atom stereocenters. The van der Waals surface area contributed by atoms with Gasteiger partial charge in [-0.25, -0.2) is 13.4 Å². The fourth-order valence-corrected chi connectivity index (χ4v) is 1.79. The monoisotopic (exact) mass is 270 g/mol. The molecule has 0 aliphatic rings. The maximum atomic E-state index is 12.1. The highest BCUT2D eigenvalue weighted by Gasteiger charge is 2.32. The van der Waals surface area contributed by atoms with Crippen molar-refractivity contribution in [3.05, 3.63) is 24.0 Å². The van der Waals surface area contributed by atoms with Crippen LogP contribution in [0.3, 0.4) is 0 Å². The number of aromatic nitrogens is 1. The number of aliphatic hydroxyl groups excluding tert-OH is 1. The van der Waals surface area contributed by atoms with E-state index in [-0.39, 0.29) is 5.69 Å². The van der Waals surface area contributed by atoms with Gasteiger partial charge in [0.1, 0.15) is 5.69 Å². The molecule has 1 aromatic heterocycles. The van der Waals surface area contributed by atoms with Gasteiger partial charge in [-0.05, 0) is 12.1 Å². The maximum Gasteiger partial charge on any atom is 0.433 e. The molecule has 0 fully saturated rings. The highest BCUT2D eigenvalue weighted by Crippen LogP contribution is 2.27. The summed E-state index contributed by atoms with van der Waals surface area (Å²) in [4.78, 5) is 3.08. The topological polar surface area (TPSA) is 79.3 Å². The van der Waals surface area contributed by atoms with Gasteiger partial charge in [-0.1, -0.05) is 0 Å². The summed E-state index contributed by atoms with van der Waals surface area (Å²) in [6.07, 6.45) is -3.81. The number of halogens is 3. The summed E-state index contributed by atoms with van der Waals surface area (Å²) in [7, 11) is -3.75. The van der Waals surface area contributed by atoms with E-state index in [9.17, 15) is 21.6 Å². The average molecular weight is 270 g/mol. The number of hydrogen-bond donors (Lipinski definition) is 2. The van der Waals surface area contributed by atoms with Crippen LogP contribution < -0.4 is 4.72 Å². The molecule has 1 heterocycles. The van der Waals surface area contributed by atoms with Gasteiger partial charge in [0, 0.05) is 0 Å². The molecule has 0 aliphatic carbocycles. The summed E-state index contributed by atoms with van der Waals surface area (Å²) in [5.41, 5.74) is -1.20. The standard InChI is InChI=1S/C8H9F3N2O3S/c9-8(10,11)7-2-1-6(5-12-7)13-17(15,16)4-3-14/h1-2,5,13-14H,3-4H2. The molecule has 96 valence electrons. The lowest BCUT2D eigenvalue weighted by Gasteiger charge is -2.08. The number of rotatable bonds is 4. The Bertz CT molecular complexity index is 470. The first-order valence-electron chi connectivity index (χ1n) is 4.39. The Morgan fingerprint density at radius 2 is 2.00 bits per heavy atom. The molecule has 1 aromatic rings. The molecule has 0 aliphatic heterocycles. The van der Waals surface area contributed by atoms with E-state index in [2.05, 4.69) is 4.98 Å². The normalized spacial score (nSPS) is 12.5. The van der Waals surface area contributed by atoms with Crippen molar-refractivity contribution in [1.29, 1.82) is 0 Å². The van der Waals surface area contributed by atoms with Gasteiger partial charge in [0.15, 0.2) is 0 Å². The van der Waals surface area contributed by atoms with Crippen molar-refractivity contribution in [3.8, 4) is 0 Å². The van der Waals surface area contributed by atoms with E-state index in [1.165, 1.54) is 0 Å². The van der Waals surface area contributed by atoms with Crippen molar-refractivity contribution < 1.29 is 26.7 Å². The largest absolute Gasteiger partial charge is 0.433 e. The Morgan fingerprint density at radius 3 is 2.41 bits per heavy atom. The van der Waals surface area contributed by atoms with Crippen molar-refractivity contribution in [2.24, 2.45) is 0 Å². The first kappa shape index (κ1) is 13.7. The summed E-state index contributed by atoms with van der Waals surface area (Å²) >= 11 is 0. The van der Waals surface area contributed by atoms with Crippen LogP contribution in [0.25, 0.3) is 0 Å². The molecule has 0 radical (unpaired) electrons. The van der Waals surface area contributed by atoms with E-state index in [4.69, 9.17) is 5.11 Å². The van der Waals surface area contributed by atoms with E-state index in [0.717, 1.165) is 12.3 Å². The summed E-state index contributed by atoms with van der Waals surface area (Å²) < 4.78 is 60.7. The lowest BCUT2D eigenvalue weighted by atomic mass is 10.3. The van der Waals surface area contributed by atoms with E-state index in [1.807, 2.05) is 4.72 Å². The van der Waals surface area contributed by atoms with Crippen molar-refractivity contribution in [2.75, 3.05) is 17.1 Å². The molecule has 1 rings (SSSR count). The second kappa shape index (κ2) is 4.88.